The Balaban J connectivity index is 2.25. The SMILES string of the molecule is COc1ncccc1C(N)Cc1cc(C)ccc1C. The second kappa shape index (κ2) is 5.85. The summed E-state index contributed by atoms with van der Waals surface area (Å²) in [6.45, 7) is 4.21. The van der Waals surface area contributed by atoms with Crippen LogP contribution in [0.15, 0.2) is 36.5 Å². The van der Waals surface area contributed by atoms with Crippen LogP contribution in [0.3, 0.4) is 0 Å². The van der Waals surface area contributed by atoms with E-state index < -0.39 is 0 Å². The van der Waals surface area contributed by atoms with E-state index in [9.17, 15) is 0 Å². The zero-order chi connectivity index (χ0) is 13.8. The highest BCUT2D eigenvalue weighted by Gasteiger charge is 2.14. The fraction of sp³-hybridized carbons (Fsp3) is 0.312. The summed E-state index contributed by atoms with van der Waals surface area (Å²) in [4.78, 5) is 4.20. The van der Waals surface area contributed by atoms with Gasteiger partial charge in [0.05, 0.1) is 7.11 Å². The monoisotopic (exact) mass is 256 g/mol. The smallest absolute Gasteiger partial charge is 0.217 e. The highest BCUT2D eigenvalue weighted by molar-refractivity contribution is 5.35. The average Bonchev–Trinajstić information content (AvgIpc) is 2.42. The molecule has 1 atom stereocenters. The van der Waals surface area contributed by atoms with Crippen molar-refractivity contribution in [3.05, 3.63) is 58.8 Å². The fourth-order valence-corrected chi connectivity index (χ4v) is 2.22. The number of rotatable bonds is 4. The first kappa shape index (κ1) is 13.6. The number of ether oxygens (including phenoxy) is 1. The maximum absolute atomic E-state index is 6.30. The van der Waals surface area contributed by atoms with Crippen LogP contribution in [-0.2, 0) is 6.42 Å². The van der Waals surface area contributed by atoms with Crippen molar-refractivity contribution >= 4 is 0 Å². The Morgan fingerprint density at radius 2 is 2.05 bits per heavy atom. The van der Waals surface area contributed by atoms with Crippen LogP contribution in [0.2, 0.25) is 0 Å². The fourth-order valence-electron chi connectivity index (χ4n) is 2.22. The molecule has 0 saturated heterocycles. The molecule has 1 unspecified atom stereocenters. The Morgan fingerprint density at radius 3 is 2.79 bits per heavy atom. The van der Waals surface area contributed by atoms with Gasteiger partial charge in [-0.05, 0) is 37.5 Å². The molecule has 100 valence electrons. The largest absolute Gasteiger partial charge is 0.481 e. The van der Waals surface area contributed by atoms with Gasteiger partial charge in [-0.2, -0.15) is 0 Å². The molecule has 2 rings (SSSR count). The molecule has 0 saturated carbocycles. The molecular weight excluding hydrogens is 236 g/mol. The highest BCUT2D eigenvalue weighted by Crippen LogP contribution is 2.25. The topological polar surface area (TPSA) is 48.1 Å². The molecule has 0 aliphatic heterocycles. The standard InChI is InChI=1S/C16H20N2O/c1-11-6-7-12(2)13(9-11)10-15(17)14-5-4-8-18-16(14)19-3/h4-9,15H,10,17H2,1-3H3. The number of nitrogens with zero attached hydrogens (tertiary/aromatic N) is 1. The van der Waals surface area contributed by atoms with Crippen molar-refractivity contribution < 1.29 is 4.74 Å². The van der Waals surface area contributed by atoms with E-state index in [-0.39, 0.29) is 6.04 Å². The maximum Gasteiger partial charge on any atom is 0.217 e. The van der Waals surface area contributed by atoms with Crippen LogP contribution >= 0.6 is 0 Å². The van der Waals surface area contributed by atoms with Gasteiger partial charge in [0, 0.05) is 17.8 Å². The first-order valence-corrected chi connectivity index (χ1v) is 6.42. The molecule has 0 fully saturated rings. The summed E-state index contributed by atoms with van der Waals surface area (Å²) in [6, 6.07) is 10.2. The summed E-state index contributed by atoms with van der Waals surface area (Å²) in [7, 11) is 1.62. The second-order valence-corrected chi connectivity index (χ2v) is 4.84. The maximum atomic E-state index is 6.30. The predicted octanol–water partition coefficient (Wildman–Crippen LogP) is 2.95. The van der Waals surface area contributed by atoms with Crippen molar-refractivity contribution in [1.29, 1.82) is 0 Å². The zero-order valence-electron chi connectivity index (χ0n) is 11.7. The van der Waals surface area contributed by atoms with E-state index in [2.05, 4.69) is 37.0 Å². The molecule has 3 nitrogen and oxygen atoms in total. The lowest BCUT2D eigenvalue weighted by molar-refractivity contribution is 0.388. The molecule has 0 radical (unpaired) electrons. The van der Waals surface area contributed by atoms with E-state index in [4.69, 9.17) is 10.5 Å². The van der Waals surface area contributed by atoms with E-state index in [0.29, 0.717) is 5.88 Å². The van der Waals surface area contributed by atoms with Crippen LogP contribution in [0.1, 0.15) is 28.3 Å². The van der Waals surface area contributed by atoms with Crippen molar-refractivity contribution in [3.63, 3.8) is 0 Å². The molecule has 0 amide bonds. The van der Waals surface area contributed by atoms with Crippen molar-refractivity contribution in [3.8, 4) is 5.88 Å². The predicted molar refractivity (Wildman–Crippen MR) is 77.3 cm³/mol. The molecule has 3 heteroatoms. The summed E-state index contributed by atoms with van der Waals surface area (Å²) in [5.41, 5.74) is 11.1. The summed E-state index contributed by atoms with van der Waals surface area (Å²) >= 11 is 0. The van der Waals surface area contributed by atoms with Crippen LogP contribution in [-0.4, -0.2) is 12.1 Å². The third-order valence-corrected chi connectivity index (χ3v) is 3.34. The van der Waals surface area contributed by atoms with Gasteiger partial charge in [-0.1, -0.05) is 29.8 Å². The Morgan fingerprint density at radius 1 is 1.26 bits per heavy atom. The summed E-state index contributed by atoms with van der Waals surface area (Å²) in [5.74, 6) is 0.611. The lowest BCUT2D eigenvalue weighted by Crippen LogP contribution is -2.15. The first-order chi connectivity index (χ1) is 9.11. The molecule has 0 aliphatic rings. The van der Waals surface area contributed by atoms with E-state index in [1.165, 1.54) is 16.7 Å². The van der Waals surface area contributed by atoms with Gasteiger partial charge in [-0.3, -0.25) is 0 Å². The molecule has 2 aromatic rings. The number of methoxy groups -OCH3 is 1. The highest BCUT2D eigenvalue weighted by atomic mass is 16.5. The Bertz CT molecular complexity index is 566. The number of pyridine rings is 1. The summed E-state index contributed by atoms with van der Waals surface area (Å²) in [5, 5.41) is 0. The van der Waals surface area contributed by atoms with Crippen LogP contribution in [0.5, 0.6) is 5.88 Å². The molecule has 0 spiro atoms. The third kappa shape index (κ3) is 3.12. The minimum absolute atomic E-state index is 0.107. The van der Waals surface area contributed by atoms with Gasteiger partial charge in [0.1, 0.15) is 0 Å². The molecule has 0 bridgehead atoms. The molecular formula is C16H20N2O. The van der Waals surface area contributed by atoms with E-state index >= 15 is 0 Å². The Labute approximate surface area is 114 Å². The second-order valence-electron chi connectivity index (χ2n) is 4.84. The average molecular weight is 256 g/mol. The number of hydrogen-bond acceptors (Lipinski definition) is 3. The lowest BCUT2D eigenvalue weighted by Gasteiger charge is -2.16. The molecule has 19 heavy (non-hydrogen) atoms. The van der Waals surface area contributed by atoms with Crippen LogP contribution < -0.4 is 10.5 Å². The van der Waals surface area contributed by atoms with Gasteiger partial charge >= 0.3 is 0 Å². The number of aryl methyl sites for hydroxylation is 2. The van der Waals surface area contributed by atoms with E-state index in [0.717, 1.165) is 12.0 Å². The number of nitrogens with two attached hydrogens (primary N) is 1. The molecule has 0 aliphatic carbocycles. The van der Waals surface area contributed by atoms with Gasteiger partial charge in [0.2, 0.25) is 5.88 Å². The Kier molecular flexibility index (Phi) is 4.17. The van der Waals surface area contributed by atoms with Crippen LogP contribution in [0.25, 0.3) is 0 Å². The normalized spacial score (nSPS) is 12.2. The molecule has 1 aromatic heterocycles. The minimum Gasteiger partial charge on any atom is -0.481 e. The quantitative estimate of drug-likeness (QED) is 0.915. The third-order valence-electron chi connectivity index (χ3n) is 3.34. The van der Waals surface area contributed by atoms with E-state index in [1.807, 2.05) is 12.1 Å². The van der Waals surface area contributed by atoms with Crippen LogP contribution in [0.4, 0.5) is 0 Å². The molecule has 1 heterocycles. The first-order valence-electron chi connectivity index (χ1n) is 6.42. The Hall–Kier alpha value is -1.87. The van der Waals surface area contributed by atoms with Crippen molar-refractivity contribution in [1.82, 2.24) is 4.98 Å². The summed E-state index contributed by atoms with van der Waals surface area (Å²) < 4.78 is 5.27. The van der Waals surface area contributed by atoms with Crippen LogP contribution in [0, 0.1) is 13.8 Å². The summed E-state index contributed by atoms with van der Waals surface area (Å²) in [6.07, 6.45) is 2.50. The zero-order valence-corrected chi connectivity index (χ0v) is 11.7. The van der Waals surface area contributed by atoms with Crippen molar-refractivity contribution in [2.75, 3.05) is 7.11 Å². The van der Waals surface area contributed by atoms with Gasteiger partial charge in [0.15, 0.2) is 0 Å². The molecule has 1 aromatic carbocycles. The van der Waals surface area contributed by atoms with Gasteiger partial charge in [-0.15, -0.1) is 0 Å². The number of aromatic nitrogens is 1. The van der Waals surface area contributed by atoms with Crippen molar-refractivity contribution in [2.24, 2.45) is 5.73 Å². The minimum atomic E-state index is -0.107. The number of hydrogen-bond donors (Lipinski definition) is 1. The van der Waals surface area contributed by atoms with E-state index in [1.54, 1.807) is 13.3 Å². The van der Waals surface area contributed by atoms with Gasteiger partial charge < -0.3 is 10.5 Å². The molecule has 2 N–H and O–H groups in total. The van der Waals surface area contributed by atoms with Gasteiger partial charge in [0.25, 0.3) is 0 Å². The lowest BCUT2D eigenvalue weighted by atomic mass is 9.96. The number of benzene rings is 1. The van der Waals surface area contributed by atoms with Crippen molar-refractivity contribution in [2.45, 2.75) is 26.3 Å². The van der Waals surface area contributed by atoms with Gasteiger partial charge in [-0.25, -0.2) is 4.98 Å².